The minimum Gasteiger partial charge on any atom is -0.405 e. The van der Waals surface area contributed by atoms with Crippen LogP contribution in [0.1, 0.15) is 154 Å². The highest BCUT2D eigenvalue weighted by Gasteiger charge is 2.68. The second-order valence-corrected chi connectivity index (χ2v) is 20.9. The number of ketones is 4. The van der Waals surface area contributed by atoms with Crippen LogP contribution < -0.4 is 22.1 Å². The van der Waals surface area contributed by atoms with E-state index >= 15 is 0 Å². The Balaban J connectivity index is 1.10. The Morgan fingerprint density at radius 2 is 1.46 bits per heavy atom. The molecule has 1 unspecified atom stereocenters. The van der Waals surface area contributed by atoms with Crippen molar-refractivity contribution in [1.82, 2.24) is 10.6 Å². The molecule has 2 aromatic carbocycles. The molecule has 3 aliphatic carbocycles. The van der Waals surface area contributed by atoms with E-state index < -0.39 is 84.9 Å². The van der Waals surface area contributed by atoms with Gasteiger partial charge in [-0.05, 0) is 105 Å². The van der Waals surface area contributed by atoms with E-state index in [1.54, 1.807) is 12.1 Å². The van der Waals surface area contributed by atoms with E-state index in [2.05, 4.69) is 62.6 Å². The third-order valence-electron chi connectivity index (χ3n) is 15.2. The third kappa shape index (κ3) is 13.8. The molecule has 1 saturated heterocycles. The number of nitrogens with one attached hydrogen (secondary N) is 2. The van der Waals surface area contributed by atoms with Crippen LogP contribution in [0.25, 0.3) is 11.1 Å². The van der Waals surface area contributed by atoms with Crippen molar-refractivity contribution in [1.29, 1.82) is 0 Å². The van der Waals surface area contributed by atoms with Gasteiger partial charge in [0, 0.05) is 49.5 Å². The van der Waals surface area contributed by atoms with Crippen molar-refractivity contribution in [3.63, 3.8) is 0 Å². The fourth-order valence-electron chi connectivity index (χ4n) is 10.6. The summed E-state index contributed by atoms with van der Waals surface area (Å²) in [6.07, 6.45) is 4.88. The first-order valence-corrected chi connectivity index (χ1v) is 25.1. The van der Waals surface area contributed by atoms with Gasteiger partial charge in [0.1, 0.15) is 11.8 Å². The third-order valence-corrected chi connectivity index (χ3v) is 15.2. The quantitative estimate of drug-likeness (QED) is 0.0329. The molecule has 4 aliphatic rings. The van der Waals surface area contributed by atoms with Crippen LogP contribution in [-0.4, -0.2) is 89.5 Å². The Kier molecular flexibility index (Phi) is 19.4. The van der Waals surface area contributed by atoms with Gasteiger partial charge in [-0.2, -0.15) is 0 Å². The topological polar surface area (TPSA) is 234 Å². The molecular weight excluding hydrogens is 863 g/mol. The number of carbonyl (C=O) groups is 7. The molecule has 3 amide bonds. The molecule has 2 bridgehead atoms. The standard InChI is InChI=1S/C53H77BN4O10/c1-8-9-13-35-17-19-36(20-18-35)37-21-23-38(24-22-37)43(61)16-12-15-41(60)28-39(14-10-11-25-55)51(66)58-49(34(4)59)45(63)26-32(2)50(65)57-42(31-48(56)64)44(62)27-33(3)54-67-47-30-40-29-46(52(40,5)6)53(47,7)68-54/h17-24,32-34,39-40,42,46-47,49,59H,8-16,25-31,55H2,1-7H3,(H2,56,64)(H,57,65)(H,58,66)/t32-,33-,34-,39-,40+,42+,46+,47?,49+,53+/m1/s1. The van der Waals surface area contributed by atoms with Gasteiger partial charge in [0.15, 0.2) is 17.3 Å². The number of unbranched alkanes of at least 4 members (excludes halogenated alkanes) is 2. The predicted octanol–water partition coefficient (Wildman–Crippen LogP) is 6.65. The molecule has 10 atom stereocenters. The van der Waals surface area contributed by atoms with Crippen LogP contribution >= 0.6 is 0 Å². The van der Waals surface area contributed by atoms with E-state index in [0.717, 1.165) is 43.2 Å². The molecule has 0 radical (unpaired) electrons. The second-order valence-electron chi connectivity index (χ2n) is 20.9. The van der Waals surface area contributed by atoms with Crippen LogP contribution in [0.3, 0.4) is 0 Å². The average molecular weight is 941 g/mol. The van der Waals surface area contributed by atoms with Gasteiger partial charge in [0.25, 0.3) is 0 Å². The molecule has 372 valence electrons. The number of aryl methyl sites for hydroxylation is 1. The van der Waals surface area contributed by atoms with E-state index in [-0.39, 0.29) is 54.6 Å². The maximum Gasteiger partial charge on any atom is 0.461 e. The first kappa shape index (κ1) is 54.4. The van der Waals surface area contributed by atoms with Gasteiger partial charge in [-0.1, -0.05) is 96.0 Å². The maximum absolute atomic E-state index is 13.7. The van der Waals surface area contributed by atoms with Crippen LogP contribution in [0.15, 0.2) is 48.5 Å². The molecule has 1 heterocycles. The normalized spacial score (nSPS) is 22.9. The number of benzene rings is 2. The number of aliphatic hydroxyl groups is 1. The molecule has 2 aromatic rings. The summed E-state index contributed by atoms with van der Waals surface area (Å²) in [5.41, 5.74) is 14.8. The summed E-state index contributed by atoms with van der Waals surface area (Å²) in [4.78, 5) is 92.9. The fourth-order valence-corrected chi connectivity index (χ4v) is 10.6. The Morgan fingerprint density at radius 1 is 0.794 bits per heavy atom. The highest BCUT2D eigenvalue weighted by atomic mass is 16.7. The average Bonchev–Trinajstić information content (AvgIpc) is 3.67. The zero-order valence-corrected chi connectivity index (χ0v) is 41.5. The molecule has 4 fully saturated rings. The van der Waals surface area contributed by atoms with E-state index in [0.29, 0.717) is 49.6 Å². The van der Waals surface area contributed by atoms with Crippen LogP contribution in [-0.2, 0) is 44.5 Å². The van der Waals surface area contributed by atoms with Crippen molar-refractivity contribution in [2.24, 2.45) is 40.6 Å². The first-order valence-electron chi connectivity index (χ1n) is 25.1. The largest absolute Gasteiger partial charge is 0.461 e. The molecule has 14 nitrogen and oxygen atoms in total. The zero-order valence-electron chi connectivity index (χ0n) is 41.5. The number of primary amides is 1. The van der Waals surface area contributed by atoms with Gasteiger partial charge >= 0.3 is 7.12 Å². The van der Waals surface area contributed by atoms with Crippen LogP contribution in [0, 0.1) is 29.1 Å². The number of Topliss-reactive ketones (excluding diaryl/α,β-unsaturated/α-hetero) is 4. The van der Waals surface area contributed by atoms with Crippen molar-refractivity contribution >= 4 is 48.0 Å². The minimum absolute atomic E-state index is 0.0520. The van der Waals surface area contributed by atoms with Crippen molar-refractivity contribution in [2.45, 2.75) is 180 Å². The lowest BCUT2D eigenvalue weighted by molar-refractivity contribution is -0.199. The molecule has 0 spiro atoms. The number of hydrogen-bond acceptors (Lipinski definition) is 11. The van der Waals surface area contributed by atoms with Gasteiger partial charge in [0.05, 0.1) is 30.3 Å². The van der Waals surface area contributed by atoms with Crippen LogP contribution in [0.5, 0.6) is 0 Å². The van der Waals surface area contributed by atoms with Gasteiger partial charge in [-0.25, -0.2) is 0 Å². The number of hydrogen-bond donors (Lipinski definition) is 5. The fraction of sp³-hybridized carbons (Fsp3) is 0.642. The molecular formula is C53H77BN4O10. The Morgan fingerprint density at radius 3 is 2.06 bits per heavy atom. The van der Waals surface area contributed by atoms with E-state index in [1.807, 2.05) is 19.1 Å². The molecule has 68 heavy (non-hydrogen) atoms. The number of aliphatic hydroxyl groups excluding tert-OH is 1. The summed E-state index contributed by atoms with van der Waals surface area (Å²) < 4.78 is 12.9. The lowest BCUT2D eigenvalue weighted by Gasteiger charge is -2.64. The highest BCUT2D eigenvalue weighted by Crippen LogP contribution is 2.66. The monoisotopic (exact) mass is 941 g/mol. The van der Waals surface area contributed by atoms with Gasteiger partial charge in [-0.3, -0.25) is 33.6 Å². The number of amides is 3. The summed E-state index contributed by atoms with van der Waals surface area (Å²) in [7, 11) is -0.633. The summed E-state index contributed by atoms with van der Waals surface area (Å²) in [6.45, 7) is 13.8. The molecule has 0 aromatic heterocycles. The number of rotatable bonds is 29. The molecule has 1 aliphatic heterocycles. The smallest absolute Gasteiger partial charge is 0.405 e. The van der Waals surface area contributed by atoms with Crippen molar-refractivity contribution in [3.8, 4) is 11.1 Å². The van der Waals surface area contributed by atoms with Crippen molar-refractivity contribution in [3.05, 3.63) is 59.7 Å². The van der Waals surface area contributed by atoms with Crippen molar-refractivity contribution < 1.29 is 48.0 Å². The maximum atomic E-state index is 13.7. The summed E-state index contributed by atoms with van der Waals surface area (Å²) >= 11 is 0. The van der Waals surface area contributed by atoms with E-state index in [1.165, 1.54) is 19.4 Å². The minimum atomic E-state index is -1.39. The number of nitrogens with two attached hydrogens (primary N) is 2. The first-order chi connectivity index (χ1) is 32.2. The molecule has 3 saturated carbocycles. The lowest BCUT2D eigenvalue weighted by Crippen LogP contribution is -2.65. The Bertz CT molecular complexity index is 2090. The number of carbonyl (C=O) groups excluding carboxylic acids is 7. The predicted molar refractivity (Wildman–Crippen MR) is 262 cm³/mol. The summed E-state index contributed by atoms with van der Waals surface area (Å²) in [5, 5.41) is 15.9. The highest BCUT2D eigenvalue weighted by molar-refractivity contribution is 6.47. The molecule has 6 rings (SSSR count). The van der Waals surface area contributed by atoms with Crippen molar-refractivity contribution in [2.75, 3.05) is 6.54 Å². The van der Waals surface area contributed by atoms with Gasteiger partial charge < -0.3 is 36.5 Å². The Hall–Kier alpha value is -4.57. The van der Waals surface area contributed by atoms with E-state index in [9.17, 15) is 38.7 Å². The SMILES string of the molecule is CCCCc1ccc(-c2ccc(C(=O)CCCC(=O)C[C@@H](CCCCN)C(=O)N[C@H](C(=O)C[C@@H](C)C(=O)N[C@@H](CC(N)=O)C(=O)C[C@@H](C)B3OC4C[C@@H]5C[C@@H](C5(C)C)[C@]4(C)O3)[C@@H](C)O)cc2)cc1. The van der Waals surface area contributed by atoms with E-state index in [4.69, 9.17) is 20.8 Å². The van der Waals surface area contributed by atoms with Crippen LogP contribution in [0.2, 0.25) is 5.82 Å². The molecule has 15 heteroatoms. The van der Waals surface area contributed by atoms with Crippen LogP contribution in [0.4, 0.5) is 0 Å². The molecule has 7 N–H and O–H groups in total. The van der Waals surface area contributed by atoms with Gasteiger partial charge in [0.2, 0.25) is 17.7 Å². The summed E-state index contributed by atoms with van der Waals surface area (Å²) in [6, 6.07) is 13.3. The second kappa shape index (κ2) is 24.3. The van der Waals surface area contributed by atoms with Gasteiger partial charge in [-0.15, -0.1) is 0 Å². The zero-order chi connectivity index (χ0) is 49.9. The summed E-state index contributed by atoms with van der Waals surface area (Å²) in [5.74, 6) is -4.75. The Labute approximate surface area is 403 Å². The lowest BCUT2D eigenvalue weighted by atomic mass is 9.43.